The Kier molecular flexibility index (Phi) is 1.08. The number of rotatable bonds is 2. The van der Waals surface area contributed by atoms with Gasteiger partial charge >= 0.3 is 11.9 Å². The number of hydrogen-bond acceptors (Lipinski definition) is 2. The van der Waals surface area contributed by atoms with Gasteiger partial charge in [0.2, 0.25) is 0 Å². The minimum Gasteiger partial charge on any atom is -0.481 e. The summed E-state index contributed by atoms with van der Waals surface area (Å²) in [6, 6.07) is 0. The molecule has 0 aromatic heterocycles. The maximum atomic E-state index is 11.2. The first kappa shape index (κ1) is 8.26. The van der Waals surface area contributed by atoms with Crippen LogP contribution >= 0.6 is 0 Å². The monoisotopic (exact) mass is 196 g/mol. The average molecular weight is 196 g/mol. The third-order valence-electron chi connectivity index (χ3n) is 4.99. The Hall–Kier alpha value is -1.06. The normalized spacial score (nSPS) is 57.4. The van der Waals surface area contributed by atoms with Crippen LogP contribution < -0.4 is 0 Å². The summed E-state index contributed by atoms with van der Waals surface area (Å²) in [5.74, 6) is -1.46. The smallest absolute Gasteiger partial charge is 0.310 e. The van der Waals surface area contributed by atoms with Crippen LogP contribution in [0.5, 0.6) is 0 Å². The average Bonchev–Trinajstić information content (AvgIpc) is 2.45. The van der Waals surface area contributed by atoms with E-state index in [-0.39, 0.29) is 17.8 Å². The highest BCUT2D eigenvalue weighted by atomic mass is 16.4. The third-order valence-corrected chi connectivity index (χ3v) is 4.99. The van der Waals surface area contributed by atoms with Crippen LogP contribution in [-0.4, -0.2) is 22.2 Å². The molecule has 4 fully saturated rings. The van der Waals surface area contributed by atoms with Gasteiger partial charge in [0, 0.05) is 0 Å². The van der Waals surface area contributed by atoms with Crippen molar-refractivity contribution in [2.24, 2.45) is 28.6 Å². The summed E-state index contributed by atoms with van der Waals surface area (Å²) in [5, 5.41) is 18.3. The van der Waals surface area contributed by atoms with Gasteiger partial charge in [-0.25, -0.2) is 0 Å². The lowest BCUT2D eigenvalue weighted by atomic mass is 9.81. The fraction of sp³-hybridized carbons (Fsp3) is 0.800. The summed E-state index contributed by atoms with van der Waals surface area (Å²) in [4.78, 5) is 22.3. The number of aliphatic carboxylic acids is 2. The van der Waals surface area contributed by atoms with Crippen molar-refractivity contribution in [2.45, 2.75) is 19.8 Å². The van der Waals surface area contributed by atoms with Crippen molar-refractivity contribution >= 4 is 11.9 Å². The number of carboxylic acids is 2. The van der Waals surface area contributed by atoms with E-state index in [4.69, 9.17) is 10.2 Å². The van der Waals surface area contributed by atoms with Gasteiger partial charge in [-0.05, 0) is 37.5 Å². The topological polar surface area (TPSA) is 74.6 Å². The Morgan fingerprint density at radius 3 is 2.21 bits per heavy atom. The van der Waals surface area contributed by atoms with E-state index in [0.29, 0.717) is 6.42 Å². The van der Waals surface area contributed by atoms with E-state index in [0.717, 1.165) is 6.42 Å². The molecule has 5 unspecified atom stereocenters. The minimum atomic E-state index is -0.810. The van der Waals surface area contributed by atoms with Crippen molar-refractivity contribution in [2.75, 3.05) is 0 Å². The van der Waals surface area contributed by atoms with Crippen LogP contribution in [0, 0.1) is 28.6 Å². The van der Waals surface area contributed by atoms with Crippen LogP contribution in [0.25, 0.3) is 0 Å². The Morgan fingerprint density at radius 1 is 1.29 bits per heavy atom. The van der Waals surface area contributed by atoms with Crippen molar-refractivity contribution in [1.29, 1.82) is 0 Å². The zero-order valence-corrected chi connectivity index (χ0v) is 7.86. The van der Waals surface area contributed by atoms with Gasteiger partial charge < -0.3 is 10.2 Å². The largest absolute Gasteiger partial charge is 0.481 e. The van der Waals surface area contributed by atoms with Crippen LogP contribution in [0.3, 0.4) is 0 Å². The van der Waals surface area contributed by atoms with Crippen molar-refractivity contribution in [3.8, 4) is 0 Å². The molecule has 0 amide bonds. The second kappa shape index (κ2) is 1.83. The molecule has 4 aliphatic carbocycles. The zero-order chi connectivity index (χ0) is 10.3. The van der Waals surface area contributed by atoms with Gasteiger partial charge in [0.15, 0.2) is 0 Å². The maximum absolute atomic E-state index is 11.2. The highest BCUT2D eigenvalue weighted by Gasteiger charge is 2.88. The van der Waals surface area contributed by atoms with Crippen LogP contribution in [0.2, 0.25) is 0 Å². The molecule has 4 bridgehead atoms. The van der Waals surface area contributed by atoms with Gasteiger partial charge in [0.25, 0.3) is 0 Å². The van der Waals surface area contributed by atoms with Crippen molar-refractivity contribution in [3.05, 3.63) is 0 Å². The van der Waals surface area contributed by atoms with Gasteiger partial charge in [-0.2, -0.15) is 0 Å². The molecule has 4 saturated carbocycles. The lowest BCUT2D eigenvalue weighted by Gasteiger charge is -2.22. The minimum absolute atomic E-state index is 0.0890. The molecule has 0 saturated heterocycles. The summed E-state index contributed by atoms with van der Waals surface area (Å²) in [6.07, 6.45) is 1.39. The molecule has 76 valence electrons. The molecule has 4 rings (SSSR count). The highest BCUT2D eigenvalue weighted by Crippen LogP contribution is 2.85. The van der Waals surface area contributed by atoms with E-state index < -0.39 is 22.8 Å². The third kappa shape index (κ3) is 0.512. The van der Waals surface area contributed by atoms with Gasteiger partial charge in [0.1, 0.15) is 0 Å². The molecule has 2 N–H and O–H groups in total. The van der Waals surface area contributed by atoms with Crippen molar-refractivity contribution < 1.29 is 19.8 Å². The van der Waals surface area contributed by atoms with Crippen molar-refractivity contribution in [3.63, 3.8) is 0 Å². The molecule has 5 atom stereocenters. The zero-order valence-electron chi connectivity index (χ0n) is 7.86. The SMILES string of the molecule is CC1(C(=O)O)C2CC3C1C3(C(=O)O)C2. The standard InChI is InChI=1S/C10H12O4/c1-9(7(11)12)4-2-5-6(9)10(5,3-4)8(13)14/h4-6H,2-3H2,1H3,(H,11,12)(H,13,14). The van der Waals surface area contributed by atoms with Gasteiger partial charge in [-0.3, -0.25) is 9.59 Å². The first-order valence-electron chi connectivity index (χ1n) is 4.92. The Balaban J connectivity index is 2.06. The fourth-order valence-electron chi connectivity index (χ4n) is 4.29. The van der Waals surface area contributed by atoms with Crippen LogP contribution in [-0.2, 0) is 9.59 Å². The van der Waals surface area contributed by atoms with E-state index >= 15 is 0 Å². The maximum Gasteiger partial charge on any atom is 0.310 e. The summed E-state index contributed by atoms with van der Waals surface area (Å²) < 4.78 is 0. The fourth-order valence-corrected chi connectivity index (χ4v) is 4.29. The van der Waals surface area contributed by atoms with E-state index in [9.17, 15) is 9.59 Å². The molecule has 0 aliphatic heterocycles. The number of hydrogen-bond donors (Lipinski definition) is 2. The summed E-state index contributed by atoms with van der Waals surface area (Å²) >= 11 is 0. The van der Waals surface area contributed by atoms with E-state index in [1.165, 1.54) is 0 Å². The predicted molar refractivity (Wildman–Crippen MR) is 45.5 cm³/mol. The summed E-state index contributed by atoms with van der Waals surface area (Å²) in [6.45, 7) is 1.72. The summed E-state index contributed by atoms with van der Waals surface area (Å²) in [5.41, 5.74) is -1.42. The van der Waals surface area contributed by atoms with Gasteiger partial charge in [0.05, 0.1) is 10.8 Å². The molecular weight excluding hydrogens is 184 g/mol. The van der Waals surface area contributed by atoms with Crippen LogP contribution in [0.1, 0.15) is 19.8 Å². The molecule has 4 nitrogen and oxygen atoms in total. The lowest BCUT2D eigenvalue weighted by molar-refractivity contribution is -0.150. The van der Waals surface area contributed by atoms with Gasteiger partial charge in [-0.15, -0.1) is 0 Å². The van der Waals surface area contributed by atoms with E-state index in [1.54, 1.807) is 6.92 Å². The quantitative estimate of drug-likeness (QED) is 0.685. The lowest BCUT2D eigenvalue weighted by Crippen LogP contribution is -2.31. The molecule has 0 aromatic carbocycles. The highest BCUT2D eigenvalue weighted by molar-refractivity contribution is 5.88. The molecule has 14 heavy (non-hydrogen) atoms. The Labute approximate surface area is 80.9 Å². The molecule has 4 aliphatic rings. The number of carboxylic acid groups (broad SMARTS) is 2. The second-order valence-corrected chi connectivity index (χ2v) is 5.15. The van der Waals surface area contributed by atoms with Crippen LogP contribution in [0.4, 0.5) is 0 Å². The predicted octanol–water partition coefficient (Wildman–Crippen LogP) is 0.818. The van der Waals surface area contributed by atoms with Crippen molar-refractivity contribution in [1.82, 2.24) is 0 Å². The van der Waals surface area contributed by atoms with Crippen LogP contribution in [0.15, 0.2) is 0 Å². The first-order chi connectivity index (χ1) is 6.45. The first-order valence-corrected chi connectivity index (χ1v) is 4.92. The molecule has 4 heteroatoms. The Bertz CT molecular complexity index is 363. The molecule has 0 aromatic rings. The molecular formula is C10H12O4. The molecule has 0 spiro atoms. The van der Waals surface area contributed by atoms with E-state index in [2.05, 4.69) is 0 Å². The molecule has 0 heterocycles. The Morgan fingerprint density at radius 2 is 1.93 bits per heavy atom. The number of carbonyl (C=O) groups is 2. The van der Waals surface area contributed by atoms with Gasteiger partial charge in [-0.1, -0.05) is 0 Å². The second-order valence-electron chi connectivity index (χ2n) is 5.15. The molecule has 0 radical (unpaired) electrons. The van der Waals surface area contributed by atoms with E-state index in [1.807, 2.05) is 0 Å². The summed E-state index contributed by atoms with van der Waals surface area (Å²) in [7, 11) is 0.